The summed E-state index contributed by atoms with van der Waals surface area (Å²) in [5.74, 6) is -1.30. The van der Waals surface area contributed by atoms with Crippen molar-refractivity contribution in [3.8, 4) is 0 Å². The lowest BCUT2D eigenvalue weighted by molar-refractivity contribution is -0.384. The largest absolute Gasteiger partial charge is 0.480 e. The van der Waals surface area contributed by atoms with Crippen molar-refractivity contribution in [1.82, 2.24) is 15.3 Å². The van der Waals surface area contributed by atoms with Crippen molar-refractivity contribution in [3.05, 3.63) is 48.5 Å². The maximum atomic E-state index is 11.5. The summed E-state index contributed by atoms with van der Waals surface area (Å²) in [6, 6.07) is 0.915. The first kappa shape index (κ1) is 17.3. The van der Waals surface area contributed by atoms with Gasteiger partial charge in [-0.05, 0) is 12.5 Å². The number of carbonyl (C=O) groups is 1. The predicted octanol–water partition coefficient (Wildman–Crippen LogP) is -0.952. The molecule has 5 N–H and O–H groups in total. The van der Waals surface area contributed by atoms with Crippen LogP contribution in [-0.4, -0.2) is 43.2 Å². The Morgan fingerprint density at radius 2 is 1.96 bits per heavy atom. The molecule has 0 saturated heterocycles. The van der Waals surface area contributed by atoms with Gasteiger partial charge in [0, 0.05) is 18.7 Å². The number of fused-ring (bicyclic) bond motifs is 1. The van der Waals surface area contributed by atoms with Gasteiger partial charge in [-0.2, -0.15) is 0 Å². The highest BCUT2D eigenvalue weighted by Gasteiger charge is 2.23. The lowest BCUT2D eigenvalue weighted by Crippen LogP contribution is -2.44. The molecule has 2 aromatic rings. The van der Waals surface area contributed by atoms with Gasteiger partial charge in [-0.25, -0.2) is 0 Å². The number of nitrogens with zero attached hydrogens (tertiary/aromatic N) is 1. The van der Waals surface area contributed by atoms with E-state index in [1.807, 2.05) is 0 Å². The number of nitro groups is 1. The van der Waals surface area contributed by atoms with Crippen molar-refractivity contribution in [2.75, 3.05) is 0 Å². The van der Waals surface area contributed by atoms with Crippen LogP contribution in [0.1, 0.15) is 12.5 Å². The second-order valence-electron chi connectivity index (χ2n) is 5.13. The summed E-state index contributed by atoms with van der Waals surface area (Å²) in [6.07, 6.45) is -1.22. The van der Waals surface area contributed by atoms with Crippen LogP contribution in [0.2, 0.25) is 0 Å². The van der Waals surface area contributed by atoms with E-state index in [0.717, 1.165) is 12.1 Å². The Morgan fingerprint density at radius 3 is 2.50 bits per heavy atom. The number of nitro benzene ring substituents is 1. The zero-order chi connectivity index (χ0) is 18.0. The second-order valence-corrected chi connectivity index (χ2v) is 5.13. The number of aliphatic carboxylic acids is 1. The van der Waals surface area contributed by atoms with Crippen LogP contribution >= 0.6 is 0 Å². The molecule has 1 unspecified atom stereocenters. The van der Waals surface area contributed by atoms with Gasteiger partial charge >= 0.3 is 17.1 Å². The monoisotopic (exact) mass is 338 g/mol. The van der Waals surface area contributed by atoms with E-state index in [0.29, 0.717) is 0 Å². The van der Waals surface area contributed by atoms with Crippen molar-refractivity contribution in [1.29, 1.82) is 0 Å². The third-order valence-electron chi connectivity index (χ3n) is 3.37. The molecule has 11 nitrogen and oxygen atoms in total. The molecular formula is C13H14N4O7. The van der Waals surface area contributed by atoms with Crippen LogP contribution in [0.3, 0.4) is 0 Å². The number of rotatable bonds is 6. The molecule has 2 atom stereocenters. The molecule has 0 bridgehead atoms. The SMILES string of the molecule is CC(O)[C@H](NCc1cc([N+](=O)[O-])cc2[nH]c(=O)c(=O)[nH]c12)C(=O)O. The smallest absolute Gasteiger partial charge is 0.323 e. The van der Waals surface area contributed by atoms with Crippen LogP contribution in [0.25, 0.3) is 11.0 Å². The fourth-order valence-corrected chi connectivity index (χ4v) is 2.21. The molecule has 0 amide bonds. The molecule has 0 saturated carbocycles. The molecule has 0 radical (unpaired) electrons. The number of aromatic amines is 2. The Labute approximate surface area is 133 Å². The van der Waals surface area contributed by atoms with Gasteiger partial charge in [0.15, 0.2) is 0 Å². The molecule has 0 fully saturated rings. The number of nitrogens with one attached hydrogen (secondary N) is 3. The summed E-state index contributed by atoms with van der Waals surface area (Å²) in [5.41, 5.74) is -1.88. The summed E-state index contributed by atoms with van der Waals surface area (Å²) in [4.78, 5) is 48.7. The van der Waals surface area contributed by atoms with Crippen LogP contribution in [-0.2, 0) is 11.3 Å². The molecule has 11 heteroatoms. The van der Waals surface area contributed by atoms with E-state index in [1.54, 1.807) is 0 Å². The number of carboxylic acids is 1. The summed E-state index contributed by atoms with van der Waals surface area (Å²) in [7, 11) is 0. The Morgan fingerprint density at radius 1 is 1.33 bits per heavy atom. The number of benzene rings is 1. The topological polar surface area (TPSA) is 178 Å². The summed E-state index contributed by atoms with van der Waals surface area (Å²) in [5, 5.41) is 32.0. The summed E-state index contributed by atoms with van der Waals surface area (Å²) < 4.78 is 0. The minimum atomic E-state index is -1.31. The van der Waals surface area contributed by atoms with Crippen molar-refractivity contribution < 1.29 is 19.9 Å². The molecule has 2 rings (SSSR count). The number of aliphatic hydroxyl groups excluding tert-OH is 1. The fraction of sp³-hybridized carbons (Fsp3) is 0.308. The zero-order valence-corrected chi connectivity index (χ0v) is 12.4. The molecule has 1 aromatic carbocycles. The van der Waals surface area contributed by atoms with Crippen molar-refractivity contribution >= 4 is 22.7 Å². The predicted molar refractivity (Wildman–Crippen MR) is 81.8 cm³/mol. The van der Waals surface area contributed by atoms with E-state index in [-0.39, 0.29) is 28.8 Å². The Bertz CT molecular complexity index is 915. The number of hydrogen-bond acceptors (Lipinski definition) is 7. The highest BCUT2D eigenvalue weighted by atomic mass is 16.6. The van der Waals surface area contributed by atoms with Gasteiger partial charge < -0.3 is 20.2 Å². The van der Waals surface area contributed by atoms with E-state index in [4.69, 9.17) is 5.11 Å². The van der Waals surface area contributed by atoms with Crippen LogP contribution in [0, 0.1) is 10.1 Å². The molecule has 24 heavy (non-hydrogen) atoms. The highest BCUT2D eigenvalue weighted by Crippen LogP contribution is 2.21. The maximum absolute atomic E-state index is 11.5. The number of non-ortho nitro benzene ring substituents is 1. The highest BCUT2D eigenvalue weighted by molar-refractivity contribution is 5.80. The first-order chi connectivity index (χ1) is 11.2. The van der Waals surface area contributed by atoms with E-state index < -0.39 is 34.2 Å². The molecular weight excluding hydrogens is 324 g/mol. The van der Waals surface area contributed by atoms with Gasteiger partial charge in [0.05, 0.1) is 22.1 Å². The summed E-state index contributed by atoms with van der Waals surface area (Å²) >= 11 is 0. The Balaban J connectivity index is 2.53. The van der Waals surface area contributed by atoms with Crippen LogP contribution < -0.4 is 16.4 Å². The zero-order valence-electron chi connectivity index (χ0n) is 12.4. The Kier molecular flexibility index (Phi) is 4.76. The number of carboxylic acid groups (broad SMARTS) is 1. The maximum Gasteiger partial charge on any atom is 0.323 e. The first-order valence-corrected chi connectivity index (χ1v) is 6.78. The molecule has 1 aromatic heterocycles. The van der Waals surface area contributed by atoms with Crippen molar-refractivity contribution in [2.45, 2.75) is 25.6 Å². The molecule has 1 heterocycles. The van der Waals surface area contributed by atoms with E-state index in [1.165, 1.54) is 6.92 Å². The van der Waals surface area contributed by atoms with Gasteiger partial charge in [0.1, 0.15) is 6.04 Å². The number of H-pyrrole nitrogens is 2. The minimum absolute atomic E-state index is 0.0366. The van der Waals surface area contributed by atoms with Gasteiger partial charge in [-0.15, -0.1) is 0 Å². The van der Waals surface area contributed by atoms with E-state index in [2.05, 4.69) is 15.3 Å². The molecule has 0 aliphatic heterocycles. The van der Waals surface area contributed by atoms with Crippen LogP contribution in [0.4, 0.5) is 5.69 Å². The first-order valence-electron chi connectivity index (χ1n) is 6.78. The normalized spacial score (nSPS) is 13.6. The second kappa shape index (κ2) is 6.60. The standard InChI is InChI=1S/C13H14N4O7/c1-5(18)9(13(21)22)14-4-6-2-7(17(23)24)3-8-10(6)16-12(20)11(19)15-8/h2-3,5,9,14,18H,4H2,1H3,(H,15,19)(H,16,20)(H,21,22)/t5?,9-/m0/s1. The van der Waals surface area contributed by atoms with Crippen LogP contribution in [0.15, 0.2) is 21.7 Å². The lowest BCUT2D eigenvalue weighted by Gasteiger charge is -2.17. The number of aliphatic hydroxyl groups is 1. The van der Waals surface area contributed by atoms with Gasteiger partial charge in [-0.3, -0.25) is 29.8 Å². The van der Waals surface area contributed by atoms with Gasteiger partial charge in [0.25, 0.3) is 5.69 Å². The van der Waals surface area contributed by atoms with Crippen LogP contribution in [0.5, 0.6) is 0 Å². The quantitative estimate of drug-likeness (QED) is 0.254. The molecule has 0 aliphatic rings. The number of hydrogen-bond donors (Lipinski definition) is 5. The van der Waals surface area contributed by atoms with E-state index >= 15 is 0 Å². The van der Waals surface area contributed by atoms with E-state index in [9.17, 15) is 29.6 Å². The third kappa shape index (κ3) is 3.47. The minimum Gasteiger partial charge on any atom is -0.480 e. The fourth-order valence-electron chi connectivity index (χ4n) is 2.21. The average molecular weight is 338 g/mol. The van der Waals surface area contributed by atoms with Gasteiger partial charge in [-0.1, -0.05) is 0 Å². The molecule has 0 spiro atoms. The average Bonchev–Trinajstić information content (AvgIpc) is 2.47. The molecule has 128 valence electrons. The lowest BCUT2D eigenvalue weighted by atomic mass is 10.1. The van der Waals surface area contributed by atoms with Crippen molar-refractivity contribution in [3.63, 3.8) is 0 Å². The number of aromatic nitrogens is 2. The molecule has 0 aliphatic carbocycles. The van der Waals surface area contributed by atoms with Gasteiger partial charge in [0.2, 0.25) is 0 Å². The van der Waals surface area contributed by atoms with Crippen molar-refractivity contribution in [2.24, 2.45) is 0 Å². The third-order valence-corrected chi connectivity index (χ3v) is 3.37. The Hall–Kier alpha value is -3.05. The summed E-state index contributed by atoms with van der Waals surface area (Å²) in [6.45, 7) is 1.08.